The molecule has 1 rings (SSSR count). The van der Waals surface area contributed by atoms with E-state index >= 15 is 0 Å². The molecule has 0 saturated heterocycles. The Hall–Kier alpha value is 0.0300. The number of hydrogen-bond donors (Lipinski definition) is 1. The van der Waals surface area contributed by atoms with Crippen molar-refractivity contribution in [3.05, 3.63) is 33.0 Å². The van der Waals surface area contributed by atoms with Crippen LogP contribution in [0.1, 0.15) is 11.7 Å². The Kier molecular flexibility index (Phi) is 3.92. The number of rotatable bonds is 2. The lowest BCUT2D eigenvalue weighted by atomic mass is 10.1. The molecule has 1 unspecified atom stereocenters. The third kappa shape index (κ3) is 2.78. The van der Waals surface area contributed by atoms with Gasteiger partial charge in [-0.15, -0.1) is 0 Å². The van der Waals surface area contributed by atoms with Gasteiger partial charge in [0, 0.05) is 10.0 Å². The lowest BCUT2D eigenvalue weighted by Crippen LogP contribution is -2.20. The molecule has 0 saturated carbocycles. The first-order valence-electron chi connectivity index (χ1n) is 3.63. The molecular weight excluding hydrogens is 320 g/mol. The molecule has 7 heteroatoms. The van der Waals surface area contributed by atoms with E-state index in [9.17, 15) is 13.2 Å². The van der Waals surface area contributed by atoms with Crippen molar-refractivity contribution in [3.8, 4) is 0 Å². The number of hydrogen-bond acceptors (Lipinski definition) is 1. The first-order valence-corrected chi connectivity index (χ1v) is 5.18. The molecule has 0 aromatic heterocycles. The smallest absolute Gasteiger partial charge is 0.351 e. The zero-order valence-corrected chi connectivity index (χ0v) is 10.0. The van der Waals surface area contributed by atoms with Gasteiger partial charge in [-0.3, -0.25) is 0 Å². The van der Waals surface area contributed by atoms with E-state index in [4.69, 9.17) is 16.7 Å². The minimum Gasteiger partial charge on any atom is -0.381 e. The monoisotopic (exact) mass is 322 g/mol. The minimum atomic E-state index is -3.95. The summed E-state index contributed by atoms with van der Waals surface area (Å²) in [6.45, 7) is 0. The fourth-order valence-corrected chi connectivity index (χ4v) is 1.52. The maximum atomic E-state index is 13.3. The molecule has 0 radical (unpaired) electrons. The zero-order chi connectivity index (χ0) is 11.8. The predicted molar refractivity (Wildman–Crippen MR) is 54.9 cm³/mol. The molecule has 0 aliphatic heterocycles. The zero-order valence-electron chi connectivity index (χ0n) is 6.95. The van der Waals surface area contributed by atoms with E-state index in [-0.39, 0.29) is 9.50 Å². The van der Waals surface area contributed by atoms with Gasteiger partial charge in [0.05, 0.1) is 5.02 Å². The molecule has 1 aromatic rings. The van der Waals surface area contributed by atoms with Crippen molar-refractivity contribution >= 4 is 39.1 Å². The maximum absolute atomic E-state index is 13.3. The van der Waals surface area contributed by atoms with E-state index in [0.29, 0.717) is 0 Å². The van der Waals surface area contributed by atoms with Crippen molar-refractivity contribution in [2.75, 3.05) is 0 Å². The molecule has 1 nitrogen and oxygen atoms in total. The van der Waals surface area contributed by atoms with Crippen molar-refractivity contribution in [3.63, 3.8) is 0 Å². The molecule has 1 aromatic carbocycles. The van der Waals surface area contributed by atoms with Gasteiger partial charge in [0.15, 0.2) is 6.10 Å². The Morgan fingerprint density at radius 1 is 1.40 bits per heavy atom. The lowest BCUT2D eigenvalue weighted by molar-refractivity contribution is -0.0441. The van der Waals surface area contributed by atoms with E-state index in [2.05, 4.69) is 27.5 Å². The summed E-state index contributed by atoms with van der Waals surface area (Å²) in [6.07, 6.45) is -2.44. The molecule has 15 heavy (non-hydrogen) atoms. The van der Waals surface area contributed by atoms with Crippen LogP contribution in [0.15, 0.2) is 16.6 Å². The molecule has 0 bridgehead atoms. The number of aliphatic hydroxyl groups excluding tert-OH is 1. The summed E-state index contributed by atoms with van der Waals surface area (Å²) < 4.78 is 38.5. The van der Waals surface area contributed by atoms with Gasteiger partial charge in [-0.1, -0.05) is 17.7 Å². The summed E-state index contributed by atoms with van der Waals surface area (Å²) in [5.41, 5.74) is -0.650. The molecule has 84 valence electrons. The molecule has 0 fully saturated rings. The van der Waals surface area contributed by atoms with Gasteiger partial charge >= 0.3 is 5.38 Å². The van der Waals surface area contributed by atoms with Gasteiger partial charge in [0.2, 0.25) is 0 Å². The van der Waals surface area contributed by atoms with Crippen molar-refractivity contribution in [1.82, 2.24) is 0 Å². The Morgan fingerprint density at radius 2 is 1.93 bits per heavy atom. The second-order valence-corrected chi connectivity index (χ2v) is 4.44. The first kappa shape index (κ1) is 13.1. The Labute approximate surface area is 102 Å². The van der Waals surface area contributed by atoms with Crippen LogP contribution in [-0.4, -0.2) is 10.5 Å². The lowest BCUT2D eigenvalue weighted by Gasteiger charge is -2.17. The van der Waals surface area contributed by atoms with Gasteiger partial charge in [-0.2, -0.15) is 8.78 Å². The highest BCUT2D eigenvalue weighted by Gasteiger charge is 2.38. The number of benzene rings is 1. The Balaban J connectivity index is 3.23. The van der Waals surface area contributed by atoms with E-state index in [1.165, 1.54) is 6.07 Å². The summed E-state index contributed by atoms with van der Waals surface area (Å²) in [5.74, 6) is -1.13. The van der Waals surface area contributed by atoms with Crippen LogP contribution in [-0.2, 0) is 0 Å². The topological polar surface area (TPSA) is 20.2 Å². The maximum Gasteiger partial charge on any atom is 0.351 e. The summed E-state index contributed by atoms with van der Waals surface area (Å²) >= 11 is 12.9. The van der Waals surface area contributed by atoms with Crippen molar-refractivity contribution in [1.29, 1.82) is 0 Å². The van der Waals surface area contributed by atoms with Crippen molar-refractivity contribution < 1.29 is 18.3 Å². The highest BCUT2D eigenvalue weighted by molar-refractivity contribution is 9.10. The average molecular weight is 324 g/mol. The second kappa shape index (κ2) is 4.49. The molecule has 0 spiro atoms. The molecule has 0 amide bonds. The average Bonchev–Trinajstić information content (AvgIpc) is 2.12. The minimum absolute atomic E-state index is 0.204. The highest BCUT2D eigenvalue weighted by Crippen LogP contribution is 2.38. The Morgan fingerprint density at radius 3 is 2.40 bits per heavy atom. The standard InChI is InChI=1S/C8H4BrCl2F3O/c9-4-2-1-3(6(12)5(4)10)7(15)8(11,13)14/h1-2,7,15H. The predicted octanol–water partition coefficient (Wildman–Crippen LogP) is 4.11. The van der Waals surface area contributed by atoms with Crippen LogP contribution in [0.5, 0.6) is 0 Å². The largest absolute Gasteiger partial charge is 0.381 e. The summed E-state index contributed by atoms with van der Waals surface area (Å²) in [6, 6.07) is 2.22. The second-order valence-electron chi connectivity index (χ2n) is 2.71. The van der Waals surface area contributed by atoms with Crippen LogP contribution >= 0.6 is 39.1 Å². The number of alkyl halides is 3. The molecule has 0 aliphatic carbocycles. The third-order valence-electron chi connectivity index (χ3n) is 1.67. The van der Waals surface area contributed by atoms with E-state index in [1.54, 1.807) is 0 Å². The van der Waals surface area contributed by atoms with E-state index in [0.717, 1.165) is 6.07 Å². The normalized spacial score (nSPS) is 14.1. The number of aliphatic hydroxyl groups is 1. The summed E-state index contributed by atoms with van der Waals surface area (Å²) in [7, 11) is 0. The van der Waals surface area contributed by atoms with Crippen molar-refractivity contribution in [2.24, 2.45) is 0 Å². The van der Waals surface area contributed by atoms with Gasteiger partial charge < -0.3 is 5.11 Å². The van der Waals surface area contributed by atoms with Gasteiger partial charge in [0.25, 0.3) is 0 Å². The number of halogens is 6. The van der Waals surface area contributed by atoms with Crippen LogP contribution in [0.25, 0.3) is 0 Å². The summed E-state index contributed by atoms with van der Waals surface area (Å²) in [5, 5.41) is 4.73. The van der Waals surface area contributed by atoms with E-state index < -0.39 is 22.9 Å². The first-order chi connectivity index (χ1) is 6.75. The highest BCUT2D eigenvalue weighted by atomic mass is 79.9. The van der Waals surface area contributed by atoms with E-state index in [1.807, 2.05) is 0 Å². The van der Waals surface area contributed by atoms with Crippen LogP contribution in [0.2, 0.25) is 5.02 Å². The van der Waals surface area contributed by atoms with Crippen LogP contribution in [0.4, 0.5) is 13.2 Å². The summed E-state index contributed by atoms with van der Waals surface area (Å²) in [4.78, 5) is 0. The molecule has 1 atom stereocenters. The van der Waals surface area contributed by atoms with Crippen LogP contribution in [0.3, 0.4) is 0 Å². The SMILES string of the molecule is OC(c1ccc(Br)c(Cl)c1F)C(F)(F)Cl. The molecule has 0 heterocycles. The van der Waals surface area contributed by atoms with Crippen molar-refractivity contribution in [2.45, 2.75) is 11.5 Å². The molecule has 0 aliphatic rings. The van der Waals surface area contributed by atoms with Crippen LogP contribution < -0.4 is 0 Å². The van der Waals surface area contributed by atoms with Gasteiger partial charge in [-0.25, -0.2) is 4.39 Å². The fraction of sp³-hybridized carbons (Fsp3) is 0.250. The molecule has 1 N–H and O–H groups in total. The van der Waals surface area contributed by atoms with Crippen LogP contribution in [0, 0.1) is 5.82 Å². The fourth-order valence-electron chi connectivity index (χ4n) is 0.928. The van der Waals surface area contributed by atoms with Gasteiger partial charge in [0.1, 0.15) is 5.82 Å². The quantitative estimate of drug-likeness (QED) is 0.641. The van der Waals surface area contributed by atoms with Gasteiger partial charge in [-0.05, 0) is 33.6 Å². The third-order valence-corrected chi connectivity index (χ3v) is 3.14. The molecular formula is C8H4BrCl2F3O. The Bertz CT molecular complexity index is 381.